The molecule has 6 rings (SSSR count). The summed E-state index contributed by atoms with van der Waals surface area (Å²) < 4.78 is 17.7. The zero-order chi connectivity index (χ0) is 25.2. The van der Waals surface area contributed by atoms with Gasteiger partial charge >= 0.3 is 0 Å². The lowest BCUT2D eigenvalue weighted by Gasteiger charge is -2.26. The normalized spacial score (nSPS) is 17.9. The van der Waals surface area contributed by atoms with E-state index in [0.717, 1.165) is 41.3 Å². The lowest BCUT2D eigenvalue weighted by molar-refractivity contribution is 0.288. The van der Waals surface area contributed by atoms with Crippen molar-refractivity contribution in [2.24, 2.45) is 0 Å². The van der Waals surface area contributed by atoms with Crippen LogP contribution in [0.15, 0.2) is 60.7 Å². The van der Waals surface area contributed by atoms with Crippen LogP contribution in [-0.4, -0.2) is 25.7 Å². The van der Waals surface area contributed by atoms with E-state index < -0.39 is 0 Å². The highest BCUT2D eigenvalue weighted by Crippen LogP contribution is 2.39. The van der Waals surface area contributed by atoms with E-state index in [4.69, 9.17) is 14.2 Å². The van der Waals surface area contributed by atoms with Crippen molar-refractivity contribution in [2.75, 3.05) is 20.8 Å². The third-order valence-electron chi connectivity index (χ3n) is 8.14. The Balaban J connectivity index is 1.29. The largest absolute Gasteiger partial charge is 0.497 e. The minimum Gasteiger partial charge on any atom is -0.497 e. The highest BCUT2D eigenvalue weighted by Gasteiger charge is 2.26. The molecule has 0 radical (unpaired) electrons. The number of H-pyrrole nitrogens is 1. The smallest absolute Gasteiger partial charge is 0.125 e. The molecular formula is C32H36N2O3. The molecule has 0 saturated heterocycles. The summed E-state index contributed by atoms with van der Waals surface area (Å²) >= 11 is 0. The van der Waals surface area contributed by atoms with Crippen molar-refractivity contribution in [3.8, 4) is 17.2 Å². The van der Waals surface area contributed by atoms with E-state index in [-0.39, 0.29) is 6.04 Å². The number of methoxy groups -OCH3 is 2. The maximum Gasteiger partial charge on any atom is 0.125 e. The molecule has 2 aliphatic rings. The first kappa shape index (κ1) is 23.9. The number of rotatable bonds is 7. The number of hydrogen-bond donors (Lipinski definition) is 2. The van der Waals surface area contributed by atoms with Gasteiger partial charge in [-0.1, -0.05) is 43.5 Å². The Morgan fingerprint density at radius 2 is 1.73 bits per heavy atom. The third kappa shape index (κ3) is 4.69. The molecule has 4 aromatic rings. The number of para-hydroxylation sites is 1. The number of aromatic amines is 1. The average Bonchev–Trinajstić information content (AvgIpc) is 3.34. The minimum absolute atomic E-state index is 0.0846. The van der Waals surface area contributed by atoms with Crippen LogP contribution in [0.5, 0.6) is 17.2 Å². The van der Waals surface area contributed by atoms with E-state index in [1.165, 1.54) is 59.9 Å². The van der Waals surface area contributed by atoms with Crippen molar-refractivity contribution in [1.29, 1.82) is 0 Å². The Labute approximate surface area is 219 Å². The topological polar surface area (TPSA) is 55.5 Å². The van der Waals surface area contributed by atoms with E-state index in [2.05, 4.69) is 64.9 Å². The van der Waals surface area contributed by atoms with Gasteiger partial charge in [-0.25, -0.2) is 0 Å². The quantitative estimate of drug-likeness (QED) is 0.288. The first-order valence-electron chi connectivity index (χ1n) is 13.6. The predicted octanol–water partition coefficient (Wildman–Crippen LogP) is 7.05. The monoisotopic (exact) mass is 496 g/mol. The number of fused-ring (bicyclic) bond motifs is 3. The molecule has 1 saturated carbocycles. The first-order valence-corrected chi connectivity index (χ1v) is 13.6. The van der Waals surface area contributed by atoms with Gasteiger partial charge in [0.25, 0.3) is 0 Å². The summed E-state index contributed by atoms with van der Waals surface area (Å²) in [6.45, 7) is 1.40. The van der Waals surface area contributed by atoms with Gasteiger partial charge in [0.2, 0.25) is 0 Å². The maximum atomic E-state index is 6.48. The number of ether oxygens (including phenoxy) is 3. The number of benzene rings is 3. The average molecular weight is 497 g/mol. The zero-order valence-electron chi connectivity index (χ0n) is 21.8. The van der Waals surface area contributed by atoms with Crippen LogP contribution >= 0.6 is 0 Å². The highest BCUT2D eigenvalue weighted by atomic mass is 16.5. The lowest BCUT2D eigenvalue weighted by atomic mass is 9.84. The van der Waals surface area contributed by atoms with Crippen LogP contribution in [0.2, 0.25) is 0 Å². The number of hydrogen-bond acceptors (Lipinski definition) is 4. The van der Waals surface area contributed by atoms with Crippen LogP contribution < -0.4 is 19.5 Å². The molecule has 2 N–H and O–H groups in total. The summed E-state index contributed by atoms with van der Waals surface area (Å²) in [5.74, 6) is 3.35. The molecular weight excluding hydrogens is 460 g/mol. The fourth-order valence-electron chi connectivity index (χ4n) is 6.23. The Kier molecular flexibility index (Phi) is 6.79. The lowest BCUT2D eigenvalue weighted by Crippen LogP contribution is -2.30. The van der Waals surface area contributed by atoms with Gasteiger partial charge in [-0.3, -0.25) is 0 Å². The summed E-state index contributed by atoms with van der Waals surface area (Å²) in [5, 5.41) is 4.98. The molecule has 3 aromatic carbocycles. The van der Waals surface area contributed by atoms with Crippen molar-refractivity contribution in [3.63, 3.8) is 0 Å². The van der Waals surface area contributed by atoms with Gasteiger partial charge in [-0.15, -0.1) is 0 Å². The molecule has 5 heteroatoms. The molecule has 1 atom stereocenters. The molecule has 5 nitrogen and oxygen atoms in total. The van der Waals surface area contributed by atoms with Crippen molar-refractivity contribution in [1.82, 2.24) is 10.3 Å². The van der Waals surface area contributed by atoms with E-state index in [1.807, 2.05) is 6.07 Å². The second-order valence-corrected chi connectivity index (χ2v) is 10.3. The van der Waals surface area contributed by atoms with E-state index in [1.54, 1.807) is 14.2 Å². The van der Waals surface area contributed by atoms with Crippen molar-refractivity contribution in [2.45, 2.75) is 57.1 Å². The van der Waals surface area contributed by atoms with Crippen LogP contribution in [0.4, 0.5) is 0 Å². The van der Waals surface area contributed by atoms with Gasteiger partial charge in [0.15, 0.2) is 0 Å². The SMILES string of the molecule is COc1ccc2[nH]c3c(c2c1)CCN[C@H]3c1ccc(OC)c(COc2ccccc2C2CCCCC2)c1. The van der Waals surface area contributed by atoms with Crippen LogP contribution in [0.3, 0.4) is 0 Å². The summed E-state index contributed by atoms with van der Waals surface area (Å²) in [7, 11) is 3.45. The van der Waals surface area contributed by atoms with Gasteiger partial charge in [-0.2, -0.15) is 0 Å². The van der Waals surface area contributed by atoms with Crippen LogP contribution in [0.25, 0.3) is 10.9 Å². The minimum atomic E-state index is 0.0846. The molecule has 192 valence electrons. The van der Waals surface area contributed by atoms with Crippen LogP contribution in [-0.2, 0) is 13.0 Å². The Morgan fingerprint density at radius 3 is 2.57 bits per heavy atom. The van der Waals surface area contributed by atoms with E-state index >= 15 is 0 Å². The van der Waals surface area contributed by atoms with Crippen molar-refractivity contribution in [3.05, 3.63) is 88.6 Å². The second-order valence-electron chi connectivity index (χ2n) is 10.3. The molecule has 2 heterocycles. The van der Waals surface area contributed by atoms with Gasteiger partial charge in [-0.05, 0) is 78.3 Å². The Bertz CT molecular complexity index is 1390. The summed E-state index contributed by atoms with van der Waals surface area (Å²) in [6.07, 6.45) is 7.47. The summed E-state index contributed by atoms with van der Waals surface area (Å²) in [4.78, 5) is 3.69. The zero-order valence-corrected chi connectivity index (χ0v) is 21.8. The van der Waals surface area contributed by atoms with E-state index in [9.17, 15) is 0 Å². The van der Waals surface area contributed by atoms with Crippen molar-refractivity contribution < 1.29 is 14.2 Å². The Hall–Kier alpha value is -3.44. The standard InChI is InChI=1S/C32H36N2O3/c1-35-24-13-14-28-27(19-24)26-16-17-33-31(32(26)34-28)22-12-15-29(36-2)23(18-22)20-37-30-11-7-6-10-25(30)21-8-4-3-5-9-21/h6-7,10-15,18-19,21,31,33-34H,3-5,8-9,16-17,20H2,1-2H3/t31-/m0/s1. The third-order valence-corrected chi connectivity index (χ3v) is 8.14. The molecule has 1 fully saturated rings. The van der Waals surface area contributed by atoms with Crippen molar-refractivity contribution >= 4 is 10.9 Å². The molecule has 0 spiro atoms. The maximum absolute atomic E-state index is 6.48. The highest BCUT2D eigenvalue weighted by molar-refractivity contribution is 5.86. The second kappa shape index (κ2) is 10.5. The number of nitrogens with one attached hydrogen (secondary N) is 2. The van der Waals surface area contributed by atoms with Crippen LogP contribution in [0, 0.1) is 0 Å². The first-order chi connectivity index (χ1) is 18.2. The van der Waals surface area contributed by atoms with Crippen LogP contribution in [0.1, 0.15) is 72.0 Å². The molecule has 1 aliphatic carbocycles. The Morgan fingerprint density at radius 1 is 0.865 bits per heavy atom. The van der Waals surface area contributed by atoms with Gasteiger partial charge < -0.3 is 24.5 Å². The molecule has 0 bridgehead atoms. The summed E-state index contributed by atoms with van der Waals surface area (Å²) in [6, 6.07) is 21.4. The van der Waals surface area contributed by atoms with Gasteiger partial charge in [0.05, 0.1) is 20.3 Å². The molecule has 1 aromatic heterocycles. The van der Waals surface area contributed by atoms with Gasteiger partial charge in [0.1, 0.15) is 23.9 Å². The molecule has 0 amide bonds. The predicted molar refractivity (Wildman–Crippen MR) is 148 cm³/mol. The fraction of sp³-hybridized carbons (Fsp3) is 0.375. The molecule has 37 heavy (non-hydrogen) atoms. The molecule has 0 unspecified atom stereocenters. The number of aromatic nitrogens is 1. The summed E-state index contributed by atoms with van der Waals surface area (Å²) in [5.41, 5.74) is 7.37. The van der Waals surface area contributed by atoms with E-state index in [0.29, 0.717) is 12.5 Å². The van der Waals surface area contributed by atoms with Gasteiger partial charge in [0, 0.05) is 28.7 Å². The molecule has 1 aliphatic heterocycles. The fourth-order valence-corrected chi connectivity index (χ4v) is 6.23.